The Hall–Kier alpha value is -1.36. The van der Waals surface area contributed by atoms with Gasteiger partial charge in [-0.05, 0) is 18.2 Å². The normalized spacial score (nSPS) is 10.1. The number of hydrogen-bond donors (Lipinski definition) is 1. The average Bonchev–Trinajstić information content (AvgIpc) is 2.81. The minimum Gasteiger partial charge on any atom is -0.298 e. The molecule has 92 valence electrons. The summed E-state index contributed by atoms with van der Waals surface area (Å²) in [6.45, 7) is 3.38. The number of halogens is 2. The van der Waals surface area contributed by atoms with Crippen LogP contribution in [0.5, 0.6) is 0 Å². The van der Waals surface area contributed by atoms with Crippen molar-refractivity contribution in [3.63, 3.8) is 0 Å². The summed E-state index contributed by atoms with van der Waals surface area (Å²) < 4.78 is 0. The molecule has 3 nitrogen and oxygen atoms in total. The van der Waals surface area contributed by atoms with E-state index in [1.54, 1.807) is 12.1 Å². The third kappa shape index (κ3) is 2.90. The van der Waals surface area contributed by atoms with E-state index >= 15 is 0 Å². The first-order valence-electron chi connectivity index (χ1n) is 4.94. The van der Waals surface area contributed by atoms with Gasteiger partial charge in [-0.1, -0.05) is 35.8 Å². The molecule has 1 amide bonds. The van der Waals surface area contributed by atoms with Crippen LogP contribution in [0.25, 0.3) is 11.3 Å². The topological polar surface area (TPSA) is 42.0 Å². The van der Waals surface area contributed by atoms with Crippen LogP contribution in [0.15, 0.2) is 36.2 Å². The molecule has 0 unspecified atom stereocenters. The molecule has 0 aliphatic rings. The van der Waals surface area contributed by atoms with Crippen LogP contribution in [0.3, 0.4) is 0 Å². The number of hydrogen-bond acceptors (Lipinski definition) is 3. The van der Waals surface area contributed by atoms with Gasteiger partial charge >= 0.3 is 0 Å². The zero-order chi connectivity index (χ0) is 13.1. The van der Waals surface area contributed by atoms with Gasteiger partial charge < -0.3 is 0 Å². The maximum atomic E-state index is 11.1. The standard InChI is InChI=1S/C12H8Cl2N2OS/c1-2-11(17)16-12-15-10(6-18-12)7-3-4-8(13)9(14)5-7/h2-6H,1H2,(H,15,16,17). The van der Waals surface area contributed by atoms with Crippen LogP contribution in [0.4, 0.5) is 5.13 Å². The minimum absolute atomic E-state index is 0.287. The average molecular weight is 299 g/mol. The fourth-order valence-electron chi connectivity index (χ4n) is 1.28. The molecule has 1 aromatic carbocycles. The maximum absolute atomic E-state index is 11.1. The van der Waals surface area contributed by atoms with Gasteiger partial charge in [0.15, 0.2) is 5.13 Å². The molecule has 0 atom stereocenters. The van der Waals surface area contributed by atoms with Gasteiger partial charge in [-0.15, -0.1) is 11.3 Å². The number of nitrogens with one attached hydrogen (secondary N) is 1. The summed E-state index contributed by atoms with van der Waals surface area (Å²) in [7, 11) is 0. The van der Waals surface area contributed by atoms with Crippen molar-refractivity contribution < 1.29 is 4.79 Å². The Kier molecular flexibility index (Phi) is 4.01. The first-order valence-corrected chi connectivity index (χ1v) is 6.58. The van der Waals surface area contributed by atoms with Gasteiger partial charge in [0.2, 0.25) is 5.91 Å². The zero-order valence-corrected chi connectivity index (χ0v) is 11.4. The second kappa shape index (κ2) is 5.52. The van der Waals surface area contributed by atoms with E-state index in [4.69, 9.17) is 23.2 Å². The maximum Gasteiger partial charge on any atom is 0.249 e. The first kappa shape index (κ1) is 13.1. The van der Waals surface area contributed by atoms with Crippen LogP contribution >= 0.6 is 34.5 Å². The van der Waals surface area contributed by atoms with Crippen molar-refractivity contribution in [2.45, 2.75) is 0 Å². The highest BCUT2D eigenvalue weighted by Crippen LogP contribution is 2.30. The van der Waals surface area contributed by atoms with Crippen molar-refractivity contribution in [1.29, 1.82) is 0 Å². The van der Waals surface area contributed by atoms with Crippen LogP contribution in [-0.4, -0.2) is 10.9 Å². The molecular weight excluding hydrogens is 291 g/mol. The summed E-state index contributed by atoms with van der Waals surface area (Å²) in [4.78, 5) is 15.4. The lowest BCUT2D eigenvalue weighted by Crippen LogP contribution is -2.06. The summed E-state index contributed by atoms with van der Waals surface area (Å²) in [6, 6.07) is 5.26. The molecule has 18 heavy (non-hydrogen) atoms. The van der Waals surface area contributed by atoms with Crippen molar-refractivity contribution in [3.8, 4) is 11.3 Å². The monoisotopic (exact) mass is 298 g/mol. The lowest BCUT2D eigenvalue weighted by molar-refractivity contribution is -0.111. The van der Waals surface area contributed by atoms with E-state index in [1.165, 1.54) is 17.4 Å². The van der Waals surface area contributed by atoms with Gasteiger partial charge in [-0.3, -0.25) is 10.1 Å². The predicted molar refractivity (Wildman–Crippen MR) is 76.4 cm³/mol. The quantitative estimate of drug-likeness (QED) is 0.861. The Morgan fingerprint density at radius 3 is 2.83 bits per heavy atom. The van der Waals surface area contributed by atoms with E-state index in [-0.39, 0.29) is 5.91 Å². The van der Waals surface area contributed by atoms with Crippen LogP contribution in [0, 0.1) is 0 Å². The molecule has 1 N–H and O–H groups in total. The molecule has 0 fully saturated rings. The summed E-state index contributed by atoms with van der Waals surface area (Å²) in [5.41, 5.74) is 1.58. The summed E-state index contributed by atoms with van der Waals surface area (Å²) in [5.74, 6) is -0.287. The Morgan fingerprint density at radius 2 is 2.17 bits per heavy atom. The van der Waals surface area contributed by atoms with Crippen molar-refractivity contribution in [2.75, 3.05) is 5.32 Å². The number of aromatic nitrogens is 1. The fourth-order valence-corrected chi connectivity index (χ4v) is 2.30. The second-order valence-electron chi connectivity index (χ2n) is 3.36. The third-order valence-electron chi connectivity index (χ3n) is 2.14. The van der Waals surface area contributed by atoms with Gasteiger partial charge in [0.05, 0.1) is 15.7 Å². The lowest BCUT2D eigenvalue weighted by atomic mass is 10.2. The van der Waals surface area contributed by atoms with Gasteiger partial charge in [-0.2, -0.15) is 0 Å². The Morgan fingerprint density at radius 1 is 1.39 bits per heavy atom. The molecule has 0 saturated carbocycles. The van der Waals surface area contributed by atoms with Gasteiger partial charge in [-0.25, -0.2) is 4.98 Å². The van der Waals surface area contributed by atoms with Crippen molar-refractivity contribution in [2.24, 2.45) is 0 Å². The lowest BCUT2D eigenvalue weighted by Gasteiger charge is -1.99. The Balaban J connectivity index is 2.26. The number of thiazole rings is 1. The Bertz CT molecular complexity index is 610. The molecule has 0 aliphatic carbocycles. The number of amides is 1. The number of carbonyl (C=O) groups excluding carboxylic acids is 1. The number of rotatable bonds is 3. The van der Waals surface area contributed by atoms with Crippen molar-refractivity contribution >= 4 is 45.6 Å². The van der Waals surface area contributed by atoms with E-state index in [0.29, 0.717) is 15.2 Å². The number of nitrogens with zero attached hydrogens (tertiary/aromatic N) is 1. The fraction of sp³-hybridized carbons (Fsp3) is 0. The largest absolute Gasteiger partial charge is 0.298 e. The molecule has 0 spiro atoms. The Labute approximate surface area is 118 Å². The van der Waals surface area contributed by atoms with Gasteiger partial charge in [0.1, 0.15) is 0 Å². The van der Waals surface area contributed by atoms with E-state index < -0.39 is 0 Å². The summed E-state index contributed by atoms with van der Waals surface area (Å²) >= 11 is 13.1. The van der Waals surface area contributed by atoms with E-state index in [2.05, 4.69) is 16.9 Å². The molecule has 0 radical (unpaired) electrons. The molecule has 2 aromatic rings. The van der Waals surface area contributed by atoms with Crippen LogP contribution in [0.1, 0.15) is 0 Å². The van der Waals surface area contributed by atoms with Crippen molar-refractivity contribution in [3.05, 3.63) is 46.3 Å². The highest BCUT2D eigenvalue weighted by molar-refractivity contribution is 7.14. The van der Waals surface area contributed by atoms with Crippen LogP contribution in [-0.2, 0) is 4.79 Å². The van der Waals surface area contributed by atoms with E-state index in [0.717, 1.165) is 11.3 Å². The van der Waals surface area contributed by atoms with Crippen molar-refractivity contribution in [1.82, 2.24) is 4.98 Å². The number of anilines is 1. The second-order valence-corrected chi connectivity index (χ2v) is 5.03. The number of benzene rings is 1. The highest BCUT2D eigenvalue weighted by atomic mass is 35.5. The molecular formula is C12H8Cl2N2OS. The molecule has 0 bridgehead atoms. The molecule has 0 aliphatic heterocycles. The van der Waals surface area contributed by atoms with Crippen LogP contribution in [0.2, 0.25) is 10.0 Å². The molecule has 1 aromatic heterocycles. The molecule has 6 heteroatoms. The number of carbonyl (C=O) groups is 1. The van der Waals surface area contributed by atoms with Crippen LogP contribution < -0.4 is 5.32 Å². The smallest absolute Gasteiger partial charge is 0.249 e. The van der Waals surface area contributed by atoms with E-state index in [9.17, 15) is 4.79 Å². The summed E-state index contributed by atoms with van der Waals surface area (Å²) in [5, 5.41) is 5.91. The third-order valence-corrected chi connectivity index (χ3v) is 3.63. The van der Waals surface area contributed by atoms with Gasteiger partial charge in [0, 0.05) is 10.9 Å². The first-order chi connectivity index (χ1) is 8.60. The molecule has 0 saturated heterocycles. The predicted octanol–water partition coefficient (Wildman–Crippen LogP) is 4.24. The van der Waals surface area contributed by atoms with E-state index in [1.807, 2.05) is 11.4 Å². The minimum atomic E-state index is -0.287. The van der Waals surface area contributed by atoms with Gasteiger partial charge in [0.25, 0.3) is 0 Å². The molecule has 1 heterocycles. The molecule has 2 rings (SSSR count). The summed E-state index contributed by atoms with van der Waals surface area (Å²) in [6.07, 6.45) is 1.19. The SMILES string of the molecule is C=CC(=O)Nc1nc(-c2ccc(Cl)c(Cl)c2)cs1. The highest BCUT2D eigenvalue weighted by Gasteiger charge is 2.07. The zero-order valence-electron chi connectivity index (χ0n) is 9.11.